The van der Waals surface area contributed by atoms with Crippen LogP contribution in [0.2, 0.25) is 0 Å². The number of benzene rings is 3. The average Bonchev–Trinajstić information content (AvgIpc) is 3.05. The van der Waals surface area contributed by atoms with Crippen molar-refractivity contribution in [3.05, 3.63) is 88.7 Å². The molecule has 3 nitrogen and oxygen atoms in total. The zero-order chi connectivity index (χ0) is 18.3. The van der Waals surface area contributed by atoms with Crippen LogP contribution in [0, 0.1) is 12.7 Å². The van der Waals surface area contributed by atoms with Crippen LogP contribution in [0.3, 0.4) is 0 Å². The van der Waals surface area contributed by atoms with Gasteiger partial charge in [-0.3, -0.25) is 4.99 Å². The molecular weight excluding hydrogens is 329 g/mol. The number of aryl methyl sites for hydroxylation is 1. The van der Waals surface area contributed by atoms with Crippen molar-refractivity contribution < 1.29 is 14.3 Å². The molecule has 128 valence electrons. The maximum absolute atomic E-state index is 13.9. The lowest BCUT2D eigenvalue weighted by atomic mass is 9.97. The van der Waals surface area contributed by atoms with E-state index >= 15 is 0 Å². The molecule has 0 saturated carbocycles. The van der Waals surface area contributed by atoms with Gasteiger partial charge in [-0.15, -0.1) is 0 Å². The van der Waals surface area contributed by atoms with Crippen LogP contribution in [0.5, 0.6) is 0 Å². The zero-order valence-corrected chi connectivity index (χ0v) is 14.2. The van der Waals surface area contributed by atoms with Crippen molar-refractivity contribution in [2.24, 2.45) is 4.99 Å². The predicted octanol–water partition coefficient (Wildman–Crippen LogP) is 5.18. The second-order valence-corrected chi connectivity index (χ2v) is 6.41. The SMILES string of the molecule is Cc1cc2c(c(C(=O)O)c1)CC(c1ccc(-c3ccccc3F)cc1)=N2. The third-order valence-electron chi connectivity index (χ3n) is 4.60. The molecule has 4 heteroatoms. The van der Waals surface area contributed by atoms with Crippen LogP contribution in [0.1, 0.15) is 27.0 Å². The van der Waals surface area contributed by atoms with Crippen molar-refractivity contribution in [1.29, 1.82) is 0 Å². The van der Waals surface area contributed by atoms with Gasteiger partial charge in [-0.25, -0.2) is 9.18 Å². The molecule has 3 aromatic rings. The van der Waals surface area contributed by atoms with Gasteiger partial charge < -0.3 is 5.11 Å². The maximum Gasteiger partial charge on any atom is 0.336 e. The number of hydrogen-bond donors (Lipinski definition) is 1. The van der Waals surface area contributed by atoms with E-state index in [0.717, 1.165) is 33.7 Å². The summed E-state index contributed by atoms with van der Waals surface area (Å²) in [6.07, 6.45) is 0.482. The first-order valence-electron chi connectivity index (χ1n) is 8.32. The van der Waals surface area contributed by atoms with Gasteiger partial charge >= 0.3 is 5.97 Å². The highest BCUT2D eigenvalue weighted by molar-refractivity contribution is 6.09. The molecule has 1 aliphatic rings. The van der Waals surface area contributed by atoms with Gasteiger partial charge in [0.05, 0.1) is 17.0 Å². The molecule has 0 radical (unpaired) electrons. The van der Waals surface area contributed by atoms with E-state index in [1.165, 1.54) is 6.07 Å². The lowest BCUT2D eigenvalue weighted by molar-refractivity contribution is 0.0696. The van der Waals surface area contributed by atoms with Crippen molar-refractivity contribution in [3.63, 3.8) is 0 Å². The number of halogens is 1. The summed E-state index contributed by atoms with van der Waals surface area (Å²) in [5.41, 5.74) is 5.74. The summed E-state index contributed by atoms with van der Waals surface area (Å²) in [4.78, 5) is 16.1. The smallest absolute Gasteiger partial charge is 0.336 e. The van der Waals surface area contributed by atoms with Crippen molar-refractivity contribution in [1.82, 2.24) is 0 Å². The molecular formula is C22H16FNO2. The first-order valence-corrected chi connectivity index (χ1v) is 8.32. The molecule has 0 aliphatic carbocycles. The minimum atomic E-state index is -0.934. The molecule has 0 atom stereocenters. The number of fused-ring (bicyclic) bond motifs is 1. The van der Waals surface area contributed by atoms with E-state index in [1.54, 1.807) is 24.3 Å². The van der Waals surface area contributed by atoms with Crippen molar-refractivity contribution >= 4 is 17.4 Å². The van der Waals surface area contributed by atoms with Crippen LogP contribution in [0.15, 0.2) is 65.7 Å². The molecule has 0 saturated heterocycles. The van der Waals surface area contributed by atoms with Crippen LogP contribution in [-0.2, 0) is 6.42 Å². The van der Waals surface area contributed by atoms with Gasteiger partial charge in [0.1, 0.15) is 5.82 Å². The number of aromatic carboxylic acids is 1. The van der Waals surface area contributed by atoms with E-state index in [-0.39, 0.29) is 5.82 Å². The van der Waals surface area contributed by atoms with Crippen LogP contribution < -0.4 is 0 Å². The summed E-state index contributed by atoms with van der Waals surface area (Å²) in [6, 6.07) is 17.8. The predicted molar refractivity (Wildman–Crippen MR) is 99.9 cm³/mol. The molecule has 1 N–H and O–H groups in total. The number of aliphatic imine (C=N–C) groups is 1. The first kappa shape index (κ1) is 16.2. The fraction of sp³-hybridized carbons (Fsp3) is 0.0909. The lowest BCUT2D eigenvalue weighted by Gasteiger charge is -2.06. The molecule has 0 amide bonds. The van der Waals surface area contributed by atoms with Crippen LogP contribution in [-0.4, -0.2) is 16.8 Å². The molecule has 1 aliphatic heterocycles. The fourth-order valence-electron chi connectivity index (χ4n) is 3.33. The van der Waals surface area contributed by atoms with Crippen molar-refractivity contribution in [2.45, 2.75) is 13.3 Å². The highest BCUT2D eigenvalue weighted by Crippen LogP contribution is 2.33. The summed E-state index contributed by atoms with van der Waals surface area (Å²) >= 11 is 0. The summed E-state index contributed by atoms with van der Waals surface area (Å²) in [5.74, 6) is -1.19. The number of carbonyl (C=O) groups is 1. The van der Waals surface area contributed by atoms with Crippen LogP contribution >= 0.6 is 0 Å². The van der Waals surface area contributed by atoms with E-state index in [1.807, 2.05) is 37.3 Å². The number of carboxylic acids is 1. The van der Waals surface area contributed by atoms with Gasteiger partial charge in [0.15, 0.2) is 0 Å². The number of rotatable bonds is 3. The monoisotopic (exact) mass is 345 g/mol. The van der Waals surface area contributed by atoms with Gasteiger partial charge in [-0.2, -0.15) is 0 Å². The Morgan fingerprint density at radius 3 is 2.42 bits per heavy atom. The molecule has 3 aromatic carbocycles. The molecule has 0 bridgehead atoms. The standard InChI is InChI=1S/C22H16FNO2/c1-13-10-18(22(25)26)17-12-20(24-21(17)11-13)15-8-6-14(7-9-15)16-4-2-3-5-19(16)23/h2-11H,12H2,1H3,(H,25,26). The van der Waals surface area contributed by atoms with Gasteiger partial charge in [-0.1, -0.05) is 42.5 Å². The largest absolute Gasteiger partial charge is 0.478 e. The van der Waals surface area contributed by atoms with Crippen molar-refractivity contribution in [2.75, 3.05) is 0 Å². The molecule has 0 spiro atoms. The van der Waals surface area contributed by atoms with Gasteiger partial charge in [0.2, 0.25) is 0 Å². The van der Waals surface area contributed by atoms with E-state index in [9.17, 15) is 14.3 Å². The van der Waals surface area contributed by atoms with E-state index in [2.05, 4.69) is 4.99 Å². The average molecular weight is 345 g/mol. The summed E-state index contributed by atoms with van der Waals surface area (Å²) in [6.45, 7) is 1.86. The Balaban J connectivity index is 1.67. The van der Waals surface area contributed by atoms with E-state index in [0.29, 0.717) is 17.5 Å². The molecule has 0 fully saturated rings. The Labute approximate surface area is 150 Å². The minimum Gasteiger partial charge on any atom is -0.478 e. The zero-order valence-electron chi connectivity index (χ0n) is 14.2. The van der Waals surface area contributed by atoms with Crippen LogP contribution in [0.4, 0.5) is 10.1 Å². The Morgan fingerprint density at radius 2 is 1.73 bits per heavy atom. The highest BCUT2D eigenvalue weighted by Gasteiger charge is 2.22. The molecule has 26 heavy (non-hydrogen) atoms. The fourth-order valence-corrected chi connectivity index (χ4v) is 3.33. The number of hydrogen-bond acceptors (Lipinski definition) is 2. The topological polar surface area (TPSA) is 49.7 Å². The van der Waals surface area contributed by atoms with Gasteiger partial charge in [0, 0.05) is 12.0 Å². The Morgan fingerprint density at radius 1 is 1.04 bits per heavy atom. The minimum absolute atomic E-state index is 0.257. The van der Waals surface area contributed by atoms with Gasteiger partial charge in [0.25, 0.3) is 0 Å². The van der Waals surface area contributed by atoms with Crippen LogP contribution in [0.25, 0.3) is 11.1 Å². The second-order valence-electron chi connectivity index (χ2n) is 6.41. The maximum atomic E-state index is 13.9. The highest BCUT2D eigenvalue weighted by atomic mass is 19.1. The Hall–Kier alpha value is -3.27. The molecule has 0 unspecified atom stereocenters. The third kappa shape index (κ3) is 2.80. The third-order valence-corrected chi connectivity index (χ3v) is 4.60. The first-order chi connectivity index (χ1) is 12.5. The van der Waals surface area contributed by atoms with E-state index < -0.39 is 5.97 Å². The summed E-state index contributed by atoms with van der Waals surface area (Å²) in [7, 11) is 0. The van der Waals surface area contributed by atoms with E-state index in [4.69, 9.17) is 0 Å². The molecule has 0 aromatic heterocycles. The Kier molecular flexibility index (Phi) is 3.88. The lowest BCUT2D eigenvalue weighted by Crippen LogP contribution is -2.06. The molecule has 1 heterocycles. The summed E-state index contributed by atoms with van der Waals surface area (Å²) < 4.78 is 13.9. The second kappa shape index (κ2) is 6.23. The normalized spacial score (nSPS) is 12.6. The van der Waals surface area contributed by atoms with Crippen molar-refractivity contribution in [3.8, 4) is 11.1 Å². The quantitative estimate of drug-likeness (QED) is 0.711. The Bertz CT molecular complexity index is 1050. The summed E-state index contributed by atoms with van der Waals surface area (Å²) in [5, 5.41) is 9.43. The number of carboxylic acid groups (broad SMARTS) is 1. The van der Waals surface area contributed by atoms with Gasteiger partial charge in [-0.05, 0) is 47.4 Å². The number of nitrogens with zero attached hydrogens (tertiary/aromatic N) is 1. The molecule has 4 rings (SSSR count).